The zero-order valence-corrected chi connectivity index (χ0v) is 12.9. The Morgan fingerprint density at radius 1 is 1.29 bits per heavy atom. The molecular weight excluding hydrogens is 292 g/mol. The summed E-state index contributed by atoms with van der Waals surface area (Å²) in [5.74, 6) is 1.16. The number of para-hydroxylation sites is 1. The molecule has 0 saturated heterocycles. The minimum absolute atomic E-state index is 0.119. The Labute approximate surface area is 125 Å². The van der Waals surface area contributed by atoms with Gasteiger partial charge in [0.25, 0.3) is 0 Å². The van der Waals surface area contributed by atoms with Crippen LogP contribution in [0.4, 0.5) is 0 Å². The van der Waals surface area contributed by atoms with Crippen LogP contribution < -0.4 is 20.5 Å². The molecule has 0 aliphatic rings. The molecule has 8 heteroatoms. The highest BCUT2D eigenvalue weighted by Crippen LogP contribution is 2.07. The highest BCUT2D eigenvalue weighted by atomic mass is 32.2. The Kier molecular flexibility index (Phi) is 7.55. The number of nitrogens with zero attached hydrogens (tertiary/aromatic N) is 1. The van der Waals surface area contributed by atoms with Crippen molar-refractivity contribution in [2.75, 3.05) is 32.0 Å². The van der Waals surface area contributed by atoms with Gasteiger partial charge in [0, 0.05) is 6.54 Å². The van der Waals surface area contributed by atoms with Gasteiger partial charge in [-0.15, -0.1) is 0 Å². The summed E-state index contributed by atoms with van der Waals surface area (Å²) in [6, 6.07) is 9.49. The zero-order chi connectivity index (χ0) is 15.6. The molecule has 0 aliphatic carbocycles. The number of aliphatic imine (C=N–C) groups is 1. The fourth-order valence-corrected chi connectivity index (χ4v) is 1.83. The van der Waals surface area contributed by atoms with Gasteiger partial charge in [0.15, 0.2) is 5.96 Å². The molecule has 1 rings (SSSR count). The molecule has 0 aliphatic heterocycles. The molecule has 0 unspecified atom stereocenters. The van der Waals surface area contributed by atoms with Crippen molar-refractivity contribution >= 4 is 16.0 Å². The Morgan fingerprint density at radius 3 is 2.62 bits per heavy atom. The molecule has 7 nitrogen and oxygen atoms in total. The molecule has 4 N–H and O–H groups in total. The summed E-state index contributed by atoms with van der Waals surface area (Å²) in [5, 5.41) is 11.0. The number of ether oxygens (including phenoxy) is 1. The van der Waals surface area contributed by atoms with Crippen LogP contribution in [0.25, 0.3) is 0 Å². The normalized spacial score (nSPS) is 12.0. The average molecular weight is 314 g/mol. The minimum Gasteiger partial charge on any atom is -0.492 e. The van der Waals surface area contributed by atoms with Gasteiger partial charge >= 0.3 is 0 Å². The fraction of sp³-hybridized carbons (Fsp3) is 0.462. The summed E-state index contributed by atoms with van der Waals surface area (Å²) in [6.07, 6.45) is 0. The lowest BCUT2D eigenvalue weighted by Gasteiger charge is -2.11. The molecule has 0 aromatic heterocycles. The molecule has 0 bridgehead atoms. The van der Waals surface area contributed by atoms with Crippen LogP contribution in [0.5, 0.6) is 5.75 Å². The van der Waals surface area contributed by atoms with Crippen LogP contribution in [0, 0.1) is 0 Å². The smallest absolute Gasteiger partial charge is 0.210 e. The Hall–Kier alpha value is -1.80. The number of sulfonamides is 1. The van der Waals surface area contributed by atoms with Gasteiger partial charge < -0.3 is 15.4 Å². The van der Waals surface area contributed by atoms with Crippen molar-refractivity contribution in [1.82, 2.24) is 10.6 Å². The lowest BCUT2D eigenvalue weighted by molar-refractivity contribution is 0.322. The van der Waals surface area contributed by atoms with Crippen LogP contribution in [0.15, 0.2) is 35.3 Å². The van der Waals surface area contributed by atoms with Crippen molar-refractivity contribution in [3.05, 3.63) is 30.3 Å². The maximum Gasteiger partial charge on any atom is 0.210 e. The van der Waals surface area contributed by atoms with Crippen LogP contribution in [-0.4, -0.2) is 46.4 Å². The molecule has 0 amide bonds. The van der Waals surface area contributed by atoms with E-state index in [2.05, 4.69) is 15.6 Å². The first-order valence-corrected chi connectivity index (χ1v) is 8.43. The zero-order valence-electron chi connectivity index (χ0n) is 12.1. The van der Waals surface area contributed by atoms with Crippen LogP contribution in [0.3, 0.4) is 0 Å². The minimum atomic E-state index is -3.48. The maximum atomic E-state index is 10.8. The van der Waals surface area contributed by atoms with Gasteiger partial charge in [-0.2, -0.15) is 0 Å². The monoisotopic (exact) mass is 314 g/mol. The molecule has 0 atom stereocenters. The van der Waals surface area contributed by atoms with Crippen molar-refractivity contribution in [3.8, 4) is 5.75 Å². The van der Waals surface area contributed by atoms with E-state index in [0.29, 0.717) is 25.7 Å². The third kappa shape index (κ3) is 8.87. The molecule has 21 heavy (non-hydrogen) atoms. The first kappa shape index (κ1) is 17.3. The lowest BCUT2D eigenvalue weighted by atomic mass is 10.3. The van der Waals surface area contributed by atoms with Gasteiger partial charge in [-0.3, -0.25) is 4.99 Å². The third-order valence-corrected chi connectivity index (χ3v) is 3.15. The van der Waals surface area contributed by atoms with Crippen LogP contribution in [-0.2, 0) is 10.0 Å². The van der Waals surface area contributed by atoms with E-state index in [1.165, 1.54) is 0 Å². The molecule has 0 saturated carbocycles. The summed E-state index contributed by atoms with van der Waals surface area (Å²) >= 11 is 0. The predicted molar refractivity (Wildman–Crippen MR) is 83.9 cm³/mol. The van der Waals surface area contributed by atoms with E-state index in [4.69, 9.17) is 9.88 Å². The number of rotatable bonds is 8. The van der Waals surface area contributed by atoms with E-state index in [1.54, 1.807) is 0 Å². The molecule has 1 aromatic rings. The number of nitrogens with one attached hydrogen (secondary N) is 2. The number of benzene rings is 1. The summed E-state index contributed by atoms with van der Waals surface area (Å²) in [5.41, 5.74) is 0. The quantitative estimate of drug-likeness (QED) is 0.353. The Balaban J connectivity index is 2.32. The summed E-state index contributed by atoms with van der Waals surface area (Å²) in [4.78, 5) is 4.12. The van der Waals surface area contributed by atoms with Gasteiger partial charge in [0.05, 0.1) is 18.8 Å². The largest absolute Gasteiger partial charge is 0.492 e. The van der Waals surface area contributed by atoms with Crippen LogP contribution >= 0.6 is 0 Å². The van der Waals surface area contributed by atoms with Crippen molar-refractivity contribution in [1.29, 1.82) is 0 Å². The Bertz CT molecular complexity index is 532. The van der Waals surface area contributed by atoms with Crippen LogP contribution in [0.1, 0.15) is 6.92 Å². The third-order valence-electron chi connectivity index (χ3n) is 2.40. The molecule has 0 heterocycles. The SMILES string of the molecule is CCNC(=NCCS(N)(=O)=O)NCCOc1ccccc1. The standard InChI is InChI=1S/C13H22N4O3S/c1-2-15-13(17-9-11-21(14,18)19)16-8-10-20-12-6-4-3-5-7-12/h3-7H,2,8-11H2,1H3,(H2,14,18,19)(H2,15,16,17). The van der Waals surface area contributed by atoms with Crippen molar-refractivity contribution in [2.24, 2.45) is 10.1 Å². The van der Waals surface area contributed by atoms with Gasteiger partial charge in [-0.25, -0.2) is 13.6 Å². The second kappa shape index (κ2) is 9.19. The highest BCUT2D eigenvalue weighted by Gasteiger charge is 2.02. The predicted octanol–water partition coefficient (Wildman–Crippen LogP) is -0.0910. The highest BCUT2D eigenvalue weighted by molar-refractivity contribution is 7.89. The number of nitrogens with two attached hydrogens (primary N) is 1. The van der Waals surface area contributed by atoms with E-state index < -0.39 is 10.0 Å². The van der Waals surface area contributed by atoms with Gasteiger partial charge in [-0.1, -0.05) is 18.2 Å². The van der Waals surface area contributed by atoms with Gasteiger partial charge in [-0.05, 0) is 19.1 Å². The second-order valence-electron chi connectivity index (χ2n) is 4.22. The van der Waals surface area contributed by atoms with Crippen molar-refractivity contribution < 1.29 is 13.2 Å². The topological polar surface area (TPSA) is 106 Å². The molecular formula is C13H22N4O3S. The van der Waals surface area contributed by atoms with Crippen LogP contribution in [0.2, 0.25) is 0 Å². The summed E-state index contributed by atoms with van der Waals surface area (Å²) < 4.78 is 27.2. The first-order chi connectivity index (χ1) is 10.0. The molecule has 1 aromatic carbocycles. The van der Waals surface area contributed by atoms with Crippen molar-refractivity contribution in [3.63, 3.8) is 0 Å². The number of guanidine groups is 1. The fourth-order valence-electron chi connectivity index (χ4n) is 1.48. The van der Waals surface area contributed by atoms with E-state index >= 15 is 0 Å². The lowest BCUT2D eigenvalue weighted by Crippen LogP contribution is -2.39. The van der Waals surface area contributed by atoms with Crippen molar-refractivity contribution in [2.45, 2.75) is 6.92 Å². The molecule has 118 valence electrons. The second-order valence-corrected chi connectivity index (χ2v) is 5.95. The Morgan fingerprint density at radius 2 is 2.00 bits per heavy atom. The number of hydrogen-bond donors (Lipinski definition) is 3. The molecule has 0 spiro atoms. The van der Waals surface area contributed by atoms with Gasteiger partial charge in [0.2, 0.25) is 10.0 Å². The number of hydrogen-bond acceptors (Lipinski definition) is 4. The summed E-state index contributed by atoms with van der Waals surface area (Å²) in [6.45, 7) is 3.76. The molecule has 0 radical (unpaired) electrons. The number of primary sulfonamides is 1. The van der Waals surface area contributed by atoms with E-state index in [-0.39, 0.29) is 12.3 Å². The summed E-state index contributed by atoms with van der Waals surface area (Å²) in [7, 11) is -3.48. The maximum absolute atomic E-state index is 10.8. The molecule has 0 fully saturated rings. The average Bonchev–Trinajstić information content (AvgIpc) is 2.43. The van der Waals surface area contributed by atoms with E-state index in [1.807, 2.05) is 37.3 Å². The van der Waals surface area contributed by atoms with Gasteiger partial charge in [0.1, 0.15) is 12.4 Å². The van der Waals surface area contributed by atoms with E-state index in [0.717, 1.165) is 5.75 Å². The van der Waals surface area contributed by atoms with E-state index in [9.17, 15) is 8.42 Å². The first-order valence-electron chi connectivity index (χ1n) is 6.72.